The Bertz CT molecular complexity index is 933. The SMILES string of the molecule is CC(C)(C)[Si](OCCOCCOCCOCCOCCOCCOCCOC1CCNCC1)(c1ccccc1)c1ccccc1. The summed E-state index contributed by atoms with van der Waals surface area (Å²) in [5.41, 5.74) is 0. The fourth-order valence-electron chi connectivity index (χ4n) is 5.45. The van der Waals surface area contributed by atoms with E-state index in [0.29, 0.717) is 98.6 Å². The molecule has 0 radical (unpaired) electrons. The molecule has 254 valence electrons. The van der Waals surface area contributed by atoms with Crippen LogP contribution in [0, 0.1) is 0 Å². The molecule has 1 heterocycles. The Balaban J connectivity index is 1.12. The molecule has 2 aromatic carbocycles. The average molecular weight is 648 g/mol. The van der Waals surface area contributed by atoms with Gasteiger partial charge in [0.25, 0.3) is 8.32 Å². The summed E-state index contributed by atoms with van der Waals surface area (Å²) in [5, 5.41) is 5.84. The van der Waals surface area contributed by atoms with E-state index >= 15 is 0 Å². The van der Waals surface area contributed by atoms with Gasteiger partial charge in [-0.1, -0.05) is 81.4 Å². The molecule has 0 spiro atoms. The van der Waals surface area contributed by atoms with Crippen LogP contribution in [0.2, 0.25) is 5.04 Å². The molecule has 1 aliphatic heterocycles. The van der Waals surface area contributed by atoms with Crippen molar-refractivity contribution < 1.29 is 37.6 Å². The molecular weight excluding hydrogens is 590 g/mol. The van der Waals surface area contributed by atoms with Crippen molar-refractivity contribution in [3.05, 3.63) is 60.7 Å². The van der Waals surface area contributed by atoms with Gasteiger partial charge in [-0.15, -0.1) is 0 Å². The van der Waals surface area contributed by atoms with Crippen LogP contribution in [-0.2, 0) is 37.6 Å². The maximum Gasteiger partial charge on any atom is 0.261 e. The maximum absolute atomic E-state index is 6.84. The van der Waals surface area contributed by atoms with E-state index in [1.807, 2.05) is 0 Å². The van der Waals surface area contributed by atoms with Gasteiger partial charge in [0.15, 0.2) is 0 Å². The first-order valence-electron chi connectivity index (χ1n) is 16.6. The Morgan fingerprint density at radius 2 is 0.889 bits per heavy atom. The van der Waals surface area contributed by atoms with Crippen molar-refractivity contribution in [2.45, 2.75) is 44.8 Å². The Hall–Kier alpha value is -1.70. The van der Waals surface area contributed by atoms with Gasteiger partial charge in [-0.2, -0.15) is 0 Å². The number of hydrogen-bond donors (Lipinski definition) is 1. The number of ether oxygens (including phenoxy) is 7. The highest BCUT2D eigenvalue weighted by Gasteiger charge is 2.50. The first-order valence-corrected chi connectivity index (χ1v) is 18.5. The molecule has 1 aliphatic rings. The van der Waals surface area contributed by atoms with Crippen LogP contribution >= 0.6 is 0 Å². The third kappa shape index (κ3) is 14.3. The van der Waals surface area contributed by atoms with Crippen molar-refractivity contribution in [3.8, 4) is 0 Å². The highest BCUT2D eigenvalue weighted by Crippen LogP contribution is 2.36. The van der Waals surface area contributed by atoms with Gasteiger partial charge in [0.1, 0.15) is 0 Å². The van der Waals surface area contributed by atoms with Gasteiger partial charge in [0.2, 0.25) is 0 Å². The van der Waals surface area contributed by atoms with E-state index in [4.69, 9.17) is 37.6 Å². The molecule has 0 bridgehead atoms. The highest BCUT2D eigenvalue weighted by molar-refractivity contribution is 6.99. The van der Waals surface area contributed by atoms with Crippen molar-refractivity contribution in [2.75, 3.05) is 106 Å². The number of hydrogen-bond acceptors (Lipinski definition) is 9. The van der Waals surface area contributed by atoms with Gasteiger partial charge in [-0.05, 0) is 41.3 Å². The van der Waals surface area contributed by atoms with Crippen molar-refractivity contribution in [1.29, 1.82) is 0 Å². The standard InChI is InChI=1S/C35H57NO8Si/c1-35(2,3)45(33-10-6-4-7-11-33,34-12-8-5-9-13-34)44-31-29-42-27-25-40-23-21-38-19-18-37-20-22-39-24-26-41-28-30-43-32-14-16-36-17-15-32/h4-13,32,36H,14-31H2,1-3H3. The summed E-state index contributed by atoms with van der Waals surface area (Å²) in [6, 6.07) is 21.3. The minimum Gasteiger partial charge on any atom is -0.405 e. The maximum atomic E-state index is 6.84. The van der Waals surface area contributed by atoms with Crippen LogP contribution in [-0.4, -0.2) is 120 Å². The third-order valence-corrected chi connectivity index (χ3v) is 12.7. The van der Waals surface area contributed by atoms with Gasteiger partial charge in [0, 0.05) is 0 Å². The van der Waals surface area contributed by atoms with E-state index < -0.39 is 8.32 Å². The average Bonchev–Trinajstić information content (AvgIpc) is 3.06. The van der Waals surface area contributed by atoms with Crippen LogP contribution in [0.1, 0.15) is 33.6 Å². The van der Waals surface area contributed by atoms with Crippen molar-refractivity contribution in [1.82, 2.24) is 5.32 Å². The second kappa shape index (κ2) is 22.8. The number of piperidine rings is 1. The molecule has 3 rings (SSSR count). The predicted molar refractivity (Wildman–Crippen MR) is 180 cm³/mol. The van der Waals surface area contributed by atoms with Crippen LogP contribution in [0.3, 0.4) is 0 Å². The molecule has 10 heteroatoms. The third-order valence-electron chi connectivity index (χ3n) is 7.69. The summed E-state index contributed by atoms with van der Waals surface area (Å²) in [6.07, 6.45) is 2.54. The van der Waals surface area contributed by atoms with E-state index in [1.165, 1.54) is 10.4 Å². The highest BCUT2D eigenvalue weighted by atomic mass is 28.4. The smallest absolute Gasteiger partial charge is 0.261 e. The van der Waals surface area contributed by atoms with Gasteiger partial charge < -0.3 is 42.9 Å². The molecule has 2 aromatic rings. The van der Waals surface area contributed by atoms with Crippen LogP contribution in [0.4, 0.5) is 0 Å². The summed E-state index contributed by atoms with van der Waals surface area (Å²) >= 11 is 0. The second-order valence-electron chi connectivity index (χ2n) is 12.0. The van der Waals surface area contributed by atoms with Crippen LogP contribution in [0.5, 0.6) is 0 Å². The minimum absolute atomic E-state index is 0.0465. The topological polar surface area (TPSA) is 85.9 Å². The molecule has 0 atom stereocenters. The Labute approximate surface area is 272 Å². The van der Waals surface area contributed by atoms with E-state index in [2.05, 4.69) is 86.8 Å². The van der Waals surface area contributed by atoms with Crippen molar-refractivity contribution >= 4 is 18.7 Å². The summed E-state index contributed by atoms with van der Waals surface area (Å²) in [4.78, 5) is 0. The molecule has 1 fully saturated rings. The zero-order valence-corrected chi connectivity index (χ0v) is 28.8. The van der Waals surface area contributed by atoms with E-state index in [0.717, 1.165) is 25.9 Å². The van der Waals surface area contributed by atoms with E-state index in [-0.39, 0.29) is 5.04 Å². The Morgan fingerprint density at radius 3 is 1.27 bits per heavy atom. The first-order chi connectivity index (χ1) is 22.0. The lowest BCUT2D eigenvalue weighted by Crippen LogP contribution is -2.66. The van der Waals surface area contributed by atoms with Crippen molar-refractivity contribution in [3.63, 3.8) is 0 Å². The molecule has 0 saturated carbocycles. The van der Waals surface area contributed by atoms with Gasteiger partial charge in [-0.25, -0.2) is 0 Å². The lowest BCUT2D eigenvalue weighted by atomic mass is 10.1. The van der Waals surface area contributed by atoms with Crippen LogP contribution in [0.15, 0.2) is 60.7 Å². The molecular formula is C35H57NO8Si. The fraction of sp³-hybridized carbons (Fsp3) is 0.657. The van der Waals surface area contributed by atoms with Gasteiger partial charge in [0.05, 0.1) is 98.6 Å². The van der Waals surface area contributed by atoms with Gasteiger partial charge >= 0.3 is 0 Å². The minimum atomic E-state index is -2.52. The predicted octanol–water partition coefficient (Wildman–Crippen LogP) is 3.43. The molecule has 0 amide bonds. The second-order valence-corrected chi connectivity index (χ2v) is 16.3. The van der Waals surface area contributed by atoms with Gasteiger partial charge in [-0.3, -0.25) is 0 Å². The summed E-state index contributed by atoms with van der Waals surface area (Å²) in [5.74, 6) is 0. The monoisotopic (exact) mass is 647 g/mol. The van der Waals surface area contributed by atoms with E-state index in [9.17, 15) is 0 Å². The Morgan fingerprint density at radius 1 is 0.533 bits per heavy atom. The molecule has 0 unspecified atom stereocenters. The Kier molecular flexibility index (Phi) is 19.1. The zero-order valence-electron chi connectivity index (χ0n) is 27.8. The molecule has 45 heavy (non-hydrogen) atoms. The summed E-state index contributed by atoms with van der Waals surface area (Å²) in [6.45, 7) is 16.6. The largest absolute Gasteiger partial charge is 0.405 e. The molecule has 9 nitrogen and oxygen atoms in total. The lowest BCUT2D eigenvalue weighted by Gasteiger charge is -2.43. The lowest BCUT2D eigenvalue weighted by molar-refractivity contribution is -0.0308. The fourth-order valence-corrected chi connectivity index (χ4v) is 10.00. The quantitative estimate of drug-likeness (QED) is 0.129. The number of rotatable bonds is 25. The summed E-state index contributed by atoms with van der Waals surface area (Å²) in [7, 11) is -2.52. The van der Waals surface area contributed by atoms with E-state index in [1.54, 1.807) is 0 Å². The number of nitrogens with one attached hydrogen (secondary N) is 1. The molecule has 1 N–H and O–H groups in total. The molecule has 0 aromatic heterocycles. The molecule has 0 aliphatic carbocycles. The van der Waals surface area contributed by atoms with Crippen molar-refractivity contribution in [2.24, 2.45) is 0 Å². The normalized spacial score (nSPS) is 14.6. The number of benzene rings is 2. The van der Waals surface area contributed by atoms with Crippen LogP contribution < -0.4 is 15.7 Å². The molecule has 1 saturated heterocycles. The first kappa shape index (κ1) is 37.8. The zero-order chi connectivity index (χ0) is 31.9. The van der Waals surface area contributed by atoms with Crippen LogP contribution in [0.25, 0.3) is 0 Å². The summed E-state index contributed by atoms with van der Waals surface area (Å²) < 4.78 is 46.3.